The smallest absolute Gasteiger partial charge is 0.288 e. The van der Waals surface area contributed by atoms with Crippen molar-refractivity contribution < 1.29 is 9.66 Å². The number of aryl methyl sites for hydroxylation is 1. The van der Waals surface area contributed by atoms with Crippen LogP contribution in [-0.2, 0) is 4.74 Å². The number of rotatable bonds is 8. The van der Waals surface area contributed by atoms with E-state index in [0.717, 1.165) is 17.7 Å². The van der Waals surface area contributed by atoms with Crippen LogP contribution in [0.3, 0.4) is 0 Å². The molecule has 104 valence electrons. The Balaban J connectivity index is 2.53. The monoisotopic (exact) mass is 284 g/mol. The molecule has 0 aliphatic rings. The maximum absolute atomic E-state index is 10.7. The first kappa shape index (κ1) is 15.5. The van der Waals surface area contributed by atoms with Crippen molar-refractivity contribution >= 4 is 23.0 Å². The molecule has 1 rings (SSSR count). The lowest BCUT2D eigenvalue weighted by Gasteiger charge is -2.10. The van der Waals surface area contributed by atoms with Crippen LogP contribution in [0.4, 0.5) is 11.4 Å². The van der Waals surface area contributed by atoms with Gasteiger partial charge in [0.2, 0.25) is 0 Å². The standard InChI is InChI=1S/C13H17ClN2O3/c1-3-4-6-19-7-5-15-12-9-11(14)13(16(17)18)8-10(12)2/h3,8-9,15H,1,4-7H2,2H3. The van der Waals surface area contributed by atoms with Crippen molar-refractivity contribution in [3.63, 3.8) is 0 Å². The summed E-state index contributed by atoms with van der Waals surface area (Å²) in [5, 5.41) is 14.0. The number of benzene rings is 1. The highest BCUT2D eigenvalue weighted by molar-refractivity contribution is 6.33. The number of hydrogen-bond donors (Lipinski definition) is 1. The van der Waals surface area contributed by atoms with E-state index in [1.165, 1.54) is 6.07 Å². The number of nitrogens with one attached hydrogen (secondary N) is 1. The molecule has 1 aromatic rings. The van der Waals surface area contributed by atoms with E-state index in [9.17, 15) is 10.1 Å². The number of halogens is 1. The van der Waals surface area contributed by atoms with Crippen molar-refractivity contribution in [1.82, 2.24) is 0 Å². The molecule has 0 amide bonds. The average Bonchev–Trinajstić information content (AvgIpc) is 2.36. The van der Waals surface area contributed by atoms with Gasteiger partial charge in [-0.25, -0.2) is 0 Å². The third-order valence-corrected chi connectivity index (χ3v) is 2.82. The normalized spacial score (nSPS) is 10.2. The van der Waals surface area contributed by atoms with Crippen molar-refractivity contribution in [3.05, 3.63) is 45.5 Å². The molecule has 0 radical (unpaired) electrons. The van der Waals surface area contributed by atoms with Crippen LogP contribution >= 0.6 is 11.6 Å². The van der Waals surface area contributed by atoms with Crippen LogP contribution in [0.1, 0.15) is 12.0 Å². The molecule has 0 bridgehead atoms. The van der Waals surface area contributed by atoms with Crippen molar-refractivity contribution in [2.75, 3.05) is 25.1 Å². The molecular formula is C13H17ClN2O3. The Morgan fingerprint density at radius 3 is 2.89 bits per heavy atom. The van der Waals surface area contributed by atoms with E-state index in [1.54, 1.807) is 19.1 Å². The maximum Gasteiger partial charge on any atom is 0.288 e. The lowest BCUT2D eigenvalue weighted by Crippen LogP contribution is -2.10. The fourth-order valence-corrected chi connectivity index (χ4v) is 1.76. The molecule has 0 heterocycles. The zero-order valence-electron chi connectivity index (χ0n) is 10.8. The van der Waals surface area contributed by atoms with Gasteiger partial charge in [-0.1, -0.05) is 17.7 Å². The number of anilines is 1. The molecule has 0 spiro atoms. The first-order chi connectivity index (χ1) is 9.06. The predicted molar refractivity (Wildman–Crippen MR) is 77.0 cm³/mol. The first-order valence-electron chi connectivity index (χ1n) is 5.93. The van der Waals surface area contributed by atoms with E-state index in [4.69, 9.17) is 16.3 Å². The summed E-state index contributed by atoms with van der Waals surface area (Å²) in [4.78, 5) is 10.2. The molecule has 0 aliphatic heterocycles. The second-order valence-corrected chi connectivity index (χ2v) is 4.40. The highest BCUT2D eigenvalue weighted by atomic mass is 35.5. The molecule has 0 aromatic heterocycles. The Morgan fingerprint density at radius 1 is 1.53 bits per heavy atom. The molecule has 0 atom stereocenters. The van der Waals surface area contributed by atoms with Gasteiger partial charge in [-0.3, -0.25) is 10.1 Å². The van der Waals surface area contributed by atoms with E-state index in [2.05, 4.69) is 11.9 Å². The summed E-state index contributed by atoms with van der Waals surface area (Å²) in [6.45, 7) is 7.22. The summed E-state index contributed by atoms with van der Waals surface area (Å²) in [5.74, 6) is 0. The van der Waals surface area contributed by atoms with E-state index in [1.807, 2.05) is 0 Å². The molecule has 0 saturated carbocycles. The van der Waals surface area contributed by atoms with E-state index >= 15 is 0 Å². The SMILES string of the molecule is C=CCCOCCNc1cc(Cl)c([N+](=O)[O-])cc1C. The van der Waals surface area contributed by atoms with Crippen molar-refractivity contribution in [1.29, 1.82) is 0 Å². The molecule has 0 unspecified atom stereocenters. The van der Waals surface area contributed by atoms with Gasteiger partial charge in [-0.05, 0) is 25.0 Å². The van der Waals surface area contributed by atoms with Crippen LogP contribution in [0.5, 0.6) is 0 Å². The van der Waals surface area contributed by atoms with Crippen molar-refractivity contribution in [2.45, 2.75) is 13.3 Å². The lowest BCUT2D eigenvalue weighted by atomic mass is 10.2. The van der Waals surface area contributed by atoms with Crippen molar-refractivity contribution in [3.8, 4) is 0 Å². The quantitative estimate of drug-likeness (QED) is 0.343. The van der Waals surface area contributed by atoms with Crippen LogP contribution in [0.15, 0.2) is 24.8 Å². The Morgan fingerprint density at radius 2 is 2.26 bits per heavy atom. The van der Waals surface area contributed by atoms with E-state index < -0.39 is 4.92 Å². The van der Waals surface area contributed by atoms with Gasteiger partial charge in [-0.2, -0.15) is 0 Å². The van der Waals surface area contributed by atoms with Gasteiger partial charge in [0.25, 0.3) is 5.69 Å². The summed E-state index contributed by atoms with van der Waals surface area (Å²) in [6.07, 6.45) is 2.62. The maximum atomic E-state index is 10.7. The Labute approximate surface area is 117 Å². The number of ether oxygens (including phenoxy) is 1. The van der Waals surface area contributed by atoms with Gasteiger partial charge in [-0.15, -0.1) is 6.58 Å². The average molecular weight is 285 g/mol. The van der Waals surface area contributed by atoms with Gasteiger partial charge in [0.15, 0.2) is 0 Å². The minimum Gasteiger partial charge on any atom is -0.382 e. The summed E-state index contributed by atoms with van der Waals surface area (Å²) < 4.78 is 5.35. The van der Waals surface area contributed by atoms with Crippen LogP contribution < -0.4 is 5.32 Å². The zero-order valence-corrected chi connectivity index (χ0v) is 11.6. The molecule has 19 heavy (non-hydrogen) atoms. The largest absolute Gasteiger partial charge is 0.382 e. The van der Waals surface area contributed by atoms with Gasteiger partial charge in [0, 0.05) is 18.3 Å². The third-order valence-electron chi connectivity index (χ3n) is 2.52. The zero-order chi connectivity index (χ0) is 14.3. The minimum atomic E-state index is -0.489. The second kappa shape index (κ2) is 7.76. The molecule has 5 nitrogen and oxygen atoms in total. The van der Waals surface area contributed by atoms with Gasteiger partial charge >= 0.3 is 0 Å². The second-order valence-electron chi connectivity index (χ2n) is 3.99. The Hall–Kier alpha value is -1.59. The number of nitrogens with zero attached hydrogens (tertiary/aromatic N) is 1. The summed E-state index contributed by atoms with van der Waals surface area (Å²) in [7, 11) is 0. The fourth-order valence-electron chi connectivity index (χ4n) is 1.52. The minimum absolute atomic E-state index is 0.0769. The van der Waals surface area contributed by atoms with Gasteiger partial charge in [0.1, 0.15) is 5.02 Å². The molecule has 1 N–H and O–H groups in total. The third kappa shape index (κ3) is 4.89. The van der Waals surface area contributed by atoms with E-state index in [0.29, 0.717) is 19.8 Å². The molecule has 0 aliphatic carbocycles. The van der Waals surface area contributed by atoms with Gasteiger partial charge < -0.3 is 10.1 Å². The topological polar surface area (TPSA) is 64.4 Å². The molecule has 0 saturated heterocycles. The van der Waals surface area contributed by atoms with Crippen LogP contribution in [0.2, 0.25) is 5.02 Å². The molecule has 0 fully saturated rings. The number of hydrogen-bond acceptors (Lipinski definition) is 4. The van der Waals surface area contributed by atoms with Gasteiger partial charge in [0.05, 0.1) is 18.1 Å². The fraction of sp³-hybridized carbons (Fsp3) is 0.385. The Bertz CT molecular complexity index is 463. The van der Waals surface area contributed by atoms with E-state index in [-0.39, 0.29) is 10.7 Å². The molecule has 1 aromatic carbocycles. The van der Waals surface area contributed by atoms with Crippen LogP contribution in [-0.4, -0.2) is 24.7 Å². The van der Waals surface area contributed by atoms with Crippen LogP contribution in [0, 0.1) is 17.0 Å². The van der Waals surface area contributed by atoms with Crippen molar-refractivity contribution in [2.24, 2.45) is 0 Å². The summed E-state index contributed by atoms with van der Waals surface area (Å²) >= 11 is 5.85. The number of nitro benzene ring substituents is 1. The molecule has 6 heteroatoms. The summed E-state index contributed by atoms with van der Waals surface area (Å²) in [5.41, 5.74) is 1.48. The molecular weight excluding hydrogens is 268 g/mol. The lowest BCUT2D eigenvalue weighted by molar-refractivity contribution is -0.384. The Kier molecular flexibility index (Phi) is 6.32. The van der Waals surface area contributed by atoms with Crippen LogP contribution in [0.25, 0.3) is 0 Å². The summed E-state index contributed by atoms with van der Waals surface area (Å²) in [6, 6.07) is 3.03. The highest BCUT2D eigenvalue weighted by Gasteiger charge is 2.14. The predicted octanol–water partition coefficient (Wildman–Crippen LogP) is 3.56. The highest BCUT2D eigenvalue weighted by Crippen LogP contribution is 2.30. The number of nitro groups is 1. The first-order valence-corrected chi connectivity index (χ1v) is 6.31.